The summed E-state index contributed by atoms with van der Waals surface area (Å²) in [4.78, 5) is 22.2. The highest BCUT2D eigenvalue weighted by atomic mass is 14.9. The third kappa shape index (κ3) is 2.87. The average Bonchev–Trinajstić information content (AvgIpc) is 2.70. The Morgan fingerprint density at radius 2 is 1.04 bits per heavy atom. The molecule has 4 heterocycles. The molecule has 0 fully saturated rings. The number of pyridine rings is 3. The molecule has 0 spiro atoms. The largest absolute Gasteiger partial charge is 0.255 e. The molecule has 4 aromatic rings. The molecule has 0 aliphatic rings. The maximum atomic E-state index is 4.72. The van der Waals surface area contributed by atoms with Crippen LogP contribution in [0.4, 0.5) is 0 Å². The summed E-state index contributed by atoms with van der Waals surface area (Å²) < 4.78 is 0. The van der Waals surface area contributed by atoms with Gasteiger partial charge in [0.1, 0.15) is 0 Å². The van der Waals surface area contributed by atoms with Gasteiger partial charge in [0.2, 0.25) is 0 Å². The molecule has 5 heteroatoms. The summed E-state index contributed by atoms with van der Waals surface area (Å²) in [5.74, 6) is 0.647. The van der Waals surface area contributed by atoms with E-state index in [9.17, 15) is 0 Å². The Bertz CT molecular complexity index is 801. The second-order valence-corrected chi connectivity index (χ2v) is 5.13. The van der Waals surface area contributed by atoms with Crippen molar-refractivity contribution in [3.63, 3.8) is 0 Å². The Balaban J connectivity index is 1.92. The normalized spacial score (nSPS) is 10.5. The highest BCUT2D eigenvalue weighted by molar-refractivity contribution is 5.71. The van der Waals surface area contributed by atoms with Crippen molar-refractivity contribution in [3.05, 3.63) is 79.4 Å². The van der Waals surface area contributed by atoms with Gasteiger partial charge < -0.3 is 0 Å². The van der Waals surface area contributed by atoms with Crippen LogP contribution in [0.5, 0.6) is 0 Å². The molecule has 0 unspecified atom stereocenters. The van der Waals surface area contributed by atoms with Crippen molar-refractivity contribution in [1.29, 1.82) is 0 Å². The van der Waals surface area contributed by atoms with Crippen molar-refractivity contribution in [2.75, 3.05) is 0 Å². The van der Waals surface area contributed by atoms with E-state index in [1.165, 1.54) is 0 Å². The minimum Gasteiger partial charge on any atom is -0.255 e. The zero-order valence-corrected chi connectivity index (χ0v) is 12.7. The van der Waals surface area contributed by atoms with Gasteiger partial charge in [0.25, 0.3) is 0 Å². The van der Waals surface area contributed by atoms with Gasteiger partial charge in [0.05, 0.1) is 22.8 Å². The number of hydrogen-bond acceptors (Lipinski definition) is 5. The number of rotatable bonds is 3. The molecule has 0 aliphatic carbocycles. The van der Waals surface area contributed by atoms with Crippen LogP contribution in [-0.2, 0) is 0 Å². The fourth-order valence-corrected chi connectivity index (χ4v) is 2.40. The molecule has 0 amide bonds. The molecule has 0 radical (unpaired) electrons. The Hall–Kier alpha value is -3.47. The number of aromatic nitrogens is 5. The van der Waals surface area contributed by atoms with Crippen molar-refractivity contribution in [2.45, 2.75) is 0 Å². The second-order valence-electron chi connectivity index (χ2n) is 5.13. The minimum atomic E-state index is 0.647. The maximum Gasteiger partial charge on any atom is 0.159 e. The lowest BCUT2D eigenvalue weighted by Crippen LogP contribution is -1.95. The molecule has 0 N–H and O–H groups in total. The van der Waals surface area contributed by atoms with Crippen LogP contribution in [0.2, 0.25) is 0 Å². The van der Waals surface area contributed by atoms with Gasteiger partial charge in [-0.15, -0.1) is 0 Å². The summed E-state index contributed by atoms with van der Waals surface area (Å²) in [6, 6.07) is 17.2. The molecule has 0 saturated heterocycles. The van der Waals surface area contributed by atoms with Gasteiger partial charge in [0.15, 0.2) is 5.82 Å². The fraction of sp³-hybridized carbons (Fsp3) is 0. The summed E-state index contributed by atoms with van der Waals surface area (Å²) in [7, 11) is 0. The minimum absolute atomic E-state index is 0.647. The van der Waals surface area contributed by atoms with Crippen LogP contribution < -0.4 is 0 Å². The van der Waals surface area contributed by atoms with Gasteiger partial charge >= 0.3 is 0 Å². The lowest BCUT2D eigenvalue weighted by atomic mass is 10.1. The first-order chi connectivity index (χ1) is 11.9. The van der Waals surface area contributed by atoms with Gasteiger partial charge in [-0.05, 0) is 42.5 Å². The third-order valence-corrected chi connectivity index (χ3v) is 3.50. The molecule has 0 atom stereocenters. The molecule has 114 valence electrons. The van der Waals surface area contributed by atoms with Gasteiger partial charge in [-0.2, -0.15) is 0 Å². The summed E-state index contributed by atoms with van der Waals surface area (Å²) in [5, 5.41) is 0. The highest BCUT2D eigenvalue weighted by Gasteiger charge is 2.11. The van der Waals surface area contributed by atoms with Crippen LogP contribution in [0.1, 0.15) is 0 Å². The van der Waals surface area contributed by atoms with Crippen LogP contribution >= 0.6 is 0 Å². The SMILES string of the molecule is c1ccc(-c2cc(-c3ncccn3)cc(-c3ccccn3)n2)nc1. The summed E-state index contributed by atoms with van der Waals surface area (Å²) in [6.07, 6.45) is 6.96. The Kier molecular flexibility index (Phi) is 3.73. The van der Waals surface area contributed by atoms with Crippen LogP contribution in [0, 0.1) is 0 Å². The van der Waals surface area contributed by atoms with Crippen LogP contribution in [-0.4, -0.2) is 24.9 Å². The summed E-state index contributed by atoms with van der Waals surface area (Å²) in [6.45, 7) is 0. The van der Waals surface area contributed by atoms with Gasteiger partial charge in [0, 0.05) is 30.4 Å². The molecular weight excluding hydrogens is 298 g/mol. The fourth-order valence-electron chi connectivity index (χ4n) is 2.40. The van der Waals surface area contributed by atoms with Crippen molar-refractivity contribution >= 4 is 0 Å². The molecule has 0 aliphatic heterocycles. The third-order valence-electron chi connectivity index (χ3n) is 3.50. The quantitative estimate of drug-likeness (QED) is 0.577. The molecule has 24 heavy (non-hydrogen) atoms. The predicted octanol–water partition coefficient (Wildman–Crippen LogP) is 3.66. The van der Waals surface area contributed by atoms with Crippen LogP contribution in [0.15, 0.2) is 79.4 Å². The predicted molar refractivity (Wildman–Crippen MR) is 91.7 cm³/mol. The van der Waals surface area contributed by atoms with Crippen molar-refractivity contribution in [2.24, 2.45) is 0 Å². The van der Waals surface area contributed by atoms with E-state index in [0.717, 1.165) is 28.3 Å². The molecule has 4 aromatic heterocycles. The van der Waals surface area contributed by atoms with E-state index in [2.05, 4.69) is 19.9 Å². The van der Waals surface area contributed by atoms with E-state index in [1.54, 1.807) is 30.9 Å². The Morgan fingerprint density at radius 3 is 1.54 bits per heavy atom. The van der Waals surface area contributed by atoms with Crippen LogP contribution in [0.3, 0.4) is 0 Å². The molecule has 0 saturated carbocycles. The van der Waals surface area contributed by atoms with E-state index < -0.39 is 0 Å². The lowest BCUT2D eigenvalue weighted by Gasteiger charge is -2.08. The van der Waals surface area contributed by atoms with Crippen molar-refractivity contribution in [1.82, 2.24) is 24.9 Å². The smallest absolute Gasteiger partial charge is 0.159 e. The van der Waals surface area contributed by atoms with E-state index in [0.29, 0.717) is 5.82 Å². The first-order valence-electron chi connectivity index (χ1n) is 7.52. The first-order valence-corrected chi connectivity index (χ1v) is 7.52. The number of nitrogens with zero attached hydrogens (tertiary/aromatic N) is 5. The molecule has 4 rings (SSSR count). The summed E-state index contributed by atoms with van der Waals surface area (Å²) in [5.41, 5.74) is 4.01. The zero-order chi connectivity index (χ0) is 16.2. The molecule has 0 bridgehead atoms. The Labute approximate surface area is 139 Å². The van der Waals surface area contributed by atoms with Crippen LogP contribution in [0.25, 0.3) is 34.2 Å². The molecule has 0 aromatic carbocycles. The van der Waals surface area contributed by atoms with Gasteiger partial charge in [-0.3, -0.25) is 9.97 Å². The average molecular weight is 311 g/mol. The number of hydrogen-bond donors (Lipinski definition) is 0. The summed E-state index contributed by atoms with van der Waals surface area (Å²) >= 11 is 0. The Morgan fingerprint density at radius 1 is 0.500 bits per heavy atom. The monoisotopic (exact) mass is 311 g/mol. The lowest BCUT2D eigenvalue weighted by molar-refractivity contribution is 1.16. The van der Waals surface area contributed by atoms with Gasteiger partial charge in [-0.25, -0.2) is 15.0 Å². The highest BCUT2D eigenvalue weighted by Crippen LogP contribution is 2.26. The van der Waals surface area contributed by atoms with Crippen molar-refractivity contribution in [3.8, 4) is 34.2 Å². The van der Waals surface area contributed by atoms with E-state index >= 15 is 0 Å². The maximum absolute atomic E-state index is 4.72. The van der Waals surface area contributed by atoms with E-state index in [4.69, 9.17) is 4.98 Å². The topological polar surface area (TPSA) is 64.5 Å². The van der Waals surface area contributed by atoms with E-state index in [1.807, 2.05) is 48.5 Å². The van der Waals surface area contributed by atoms with Crippen molar-refractivity contribution < 1.29 is 0 Å². The van der Waals surface area contributed by atoms with Gasteiger partial charge in [-0.1, -0.05) is 12.1 Å². The molecule has 5 nitrogen and oxygen atoms in total. The first kappa shape index (κ1) is 14.1. The second kappa shape index (κ2) is 6.34. The standard InChI is InChI=1S/C19H13N5/c1-3-8-20-15(6-1)17-12-14(19-22-10-5-11-23-19)13-18(24-17)16-7-2-4-9-21-16/h1-13H. The van der Waals surface area contributed by atoms with E-state index in [-0.39, 0.29) is 0 Å². The zero-order valence-electron chi connectivity index (χ0n) is 12.7. The molecular formula is C19H13N5.